The average molecular weight is 598 g/mol. The van der Waals surface area contributed by atoms with Crippen molar-refractivity contribution in [2.24, 2.45) is 0 Å². The second-order valence-electron chi connectivity index (χ2n) is 11.3. The van der Waals surface area contributed by atoms with Gasteiger partial charge in [0, 0.05) is 36.6 Å². The van der Waals surface area contributed by atoms with Crippen LogP contribution < -0.4 is 16.0 Å². The van der Waals surface area contributed by atoms with Crippen LogP contribution in [0.25, 0.3) is 15.2 Å². The van der Waals surface area contributed by atoms with Crippen molar-refractivity contribution in [2.75, 3.05) is 20.2 Å². The number of carbonyl (C=O) groups excluding carboxylic acids is 1. The summed E-state index contributed by atoms with van der Waals surface area (Å²) in [4.78, 5) is 44.5. The van der Waals surface area contributed by atoms with Gasteiger partial charge in [-0.3, -0.25) is 14.2 Å². The second-order valence-corrected chi connectivity index (χ2v) is 12.3. The zero-order valence-electron chi connectivity index (χ0n) is 24.7. The Morgan fingerprint density at radius 3 is 2.52 bits per heavy atom. The summed E-state index contributed by atoms with van der Waals surface area (Å²) in [5.41, 5.74) is -1.58. The molecular formula is C30H36FN5O5S. The number of hydrogen-bond donors (Lipinski definition) is 0. The van der Waals surface area contributed by atoms with Gasteiger partial charge in [-0.2, -0.15) is 5.10 Å². The fourth-order valence-corrected chi connectivity index (χ4v) is 6.91. The van der Waals surface area contributed by atoms with Gasteiger partial charge in [-0.05, 0) is 71.7 Å². The van der Waals surface area contributed by atoms with Gasteiger partial charge in [-0.15, -0.1) is 0 Å². The molecule has 1 saturated heterocycles. The van der Waals surface area contributed by atoms with Crippen LogP contribution in [0.5, 0.6) is 5.75 Å². The van der Waals surface area contributed by atoms with Crippen molar-refractivity contribution in [2.45, 2.75) is 71.8 Å². The quantitative estimate of drug-likeness (QED) is 0.284. The number of halogens is 1. The molecule has 1 amide bonds. The topological polar surface area (TPSA) is 101 Å². The molecule has 4 aromatic rings. The van der Waals surface area contributed by atoms with E-state index in [1.54, 1.807) is 41.9 Å². The number of likely N-dealkylation sites (tertiary alicyclic amines) is 1. The number of hydrogen-bond acceptors (Lipinski definition) is 7. The first-order valence-corrected chi connectivity index (χ1v) is 14.8. The molecule has 224 valence electrons. The van der Waals surface area contributed by atoms with Gasteiger partial charge in [-0.25, -0.2) is 18.4 Å². The number of amides is 1. The van der Waals surface area contributed by atoms with E-state index in [2.05, 4.69) is 5.10 Å². The Morgan fingerprint density at radius 1 is 1.19 bits per heavy atom. The third-order valence-electron chi connectivity index (χ3n) is 7.70. The third kappa shape index (κ3) is 5.17. The second kappa shape index (κ2) is 11.5. The minimum Gasteiger partial charge on any atom is -0.496 e. The van der Waals surface area contributed by atoms with E-state index < -0.39 is 28.7 Å². The predicted molar refractivity (Wildman–Crippen MR) is 159 cm³/mol. The molecule has 1 aromatic carbocycles. The maximum atomic E-state index is 14.5. The number of fused-ring (bicyclic) bond motifs is 1. The van der Waals surface area contributed by atoms with Crippen molar-refractivity contribution in [3.8, 4) is 10.8 Å². The van der Waals surface area contributed by atoms with Crippen molar-refractivity contribution < 1.29 is 18.7 Å². The molecule has 1 unspecified atom stereocenters. The molecule has 12 heteroatoms. The van der Waals surface area contributed by atoms with Gasteiger partial charge in [0.25, 0.3) is 5.56 Å². The number of benzene rings is 1. The molecule has 0 radical (unpaired) electrons. The lowest BCUT2D eigenvalue weighted by Crippen LogP contribution is -2.56. The average Bonchev–Trinajstić information content (AvgIpc) is 3.71. The highest BCUT2D eigenvalue weighted by Crippen LogP contribution is 2.35. The normalized spacial score (nSPS) is 14.7. The molecule has 0 saturated carbocycles. The lowest BCUT2D eigenvalue weighted by Gasteiger charge is -2.31. The van der Waals surface area contributed by atoms with Gasteiger partial charge in [0.05, 0.1) is 25.1 Å². The molecule has 5 rings (SSSR count). The lowest BCUT2D eigenvalue weighted by molar-refractivity contribution is -0.138. The van der Waals surface area contributed by atoms with E-state index in [1.807, 2.05) is 20.8 Å². The molecule has 0 spiro atoms. The number of rotatable bonds is 9. The minimum atomic E-state index is -1.46. The first-order valence-electron chi connectivity index (χ1n) is 14.0. The molecular weight excluding hydrogens is 561 g/mol. The summed E-state index contributed by atoms with van der Waals surface area (Å²) >= 11 is 1.25. The molecule has 1 aliphatic heterocycles. The number of methoxy groups -OCH3 is 1. The van der Waals surface area contributed by atoms with Crippen molar-refractivity contribution in [3.05, 3.63) is 74.4 Å². The summed E-state index contributed by atoms with van der Waals surface area (Å²) in [6.45, 7) is 9.84. The number of thiophene rings is 1. The van der Waals surface area contributed by atoms with E-state index in [0.29, 0.717) is 45.2 Å². The summed E-state index contributed by atoms with van der Waals surface area (Å²) in [6.07, 6.45) is 4.06. The van der Waals surface area contributed by atoms with E-state index in [9.17, 15) is 18.8 Å². The largest absolute Gasteiger partial charge is 0.496 e. The van der Waals surface area contributed by atoms with E-state index in [1.165, 1.54) is 41.2 Å². The van der Waals surface area contributed by atoms with Crippen LogP contribution in [0.2, 0.25) is 0 Å². The van der Waals surface area contributed by atoms with Crippen molar-refractivity contribution in [1.82, 2.24) is 23.8 Å². The smallest absolute Gasteiger partial charge is 0.333 e. The van der Waals surface area contributed by atoms with E-state index >= 15 is 0 Å². The summed E-state index contributed by atoms with van der Waals surface area (Å²) < 4.78 is 30.5. The van der Waals surface area contributed by atoms with Gasteiger partial charge >= 0.3 is 5.69 Å². The monoisotopic (exact) mass is 597 g/mol. The minimum absolute atomic E-state index is 0.0555. The van der Waals surface area contributed by atoms with Crippen molar-refractivity contribution >= 4 is 27.5 Å². The SMILES string of the molecule is COc1ccc(F)cc1C(Cn1c(=O)n(C(C)(C)C(=O)N2CCCC2)c(=O)c2c(C)c(-n3cccn3)sc21)OC(C)C. The number of aromatic nitrogens is 4. The van der Waals surface area contributed by atoms with Crippen LogP contribution in [0.1, 0.15) is 57.8 Å². The van der Waals surface area contributed by atoms with E-state index in [0.717, 1.165) is 17.4 Å². The Bertz CT molecular complexity index is 1730. The van der Waals surface area contributed by atoms with Crippen LogP contribution in [0.4, 0.5) is 4.39 Å². The van der Waals surface area contributed by atoms with Crippen LogP contribution in [0, 0.1) is 12.7 Å². The highest BCUT2D eigenvalue weighted by Gasteiger charge is 2.39. The number of ether oxygens (including phenoxy) is 2. The summed E-state index contributed by atoms with van der Waals surface area (Å²) in [6, 6.07) is 5.92. The van der Waals surface area contributed by atoms with Gasteiger partial charge < -0.3 is 14.4 Å². The zero-order valence-corrected chi connectivity index (χ0v) is 25.5. The standard InChI is InChI=1S/C30H36FN5O5S/c1-18(2)41-23(21-16-20(31)10-11-22(21)40-6)17-34-27-24(19(3)26(42-27)35-15-9-12-32-35)25(37)36(29(34)39)30(4,5)28(38)33-13-7-8-14-33/h9-12,15-16,18,23H,7-8,13-14,17H2,1-6H3. The summed E-state index contributed by atoms with van der Waals surface area (Å²) in [5.74, 6) is -0.355. The van der Waals surface area contributed by atoms with Crippen LogP contribution in [0.15, 0.2) is 46.2 Å². The van der Waals surface area contributed by atoms with Gasteiger partial charge in [0.15, 0.2) is 0 Å². The number of carbonyl (C=O) groups is 1. The molecule has 42 heavy (non-hydrogen) atoms. The molecule has 0 N–H and O–H groups in total. The Morgan fingerprint density at radius 2 is 1.90 bits per heavy atom. The maximum absolute atomic E-state index is 14.5. The molecule has 0 bridgehead atoms. The fourth-order valence-electron chi connectivity index (χ4n) is 5.66. The van der Waals surface area contributed by atoms with Crippen molar-refractivity contribution in [3.63, 3.8) is 0 Å². The van der Waals surface area contributed by atoms with Crippen LogP contribution in [0.3, 0.4) is 0 Å². The Labute approximate surface area is 246 Å². The lowest BCUT2D eigenvalue weighted by atomic mass is 10.0. The fraction of sp³-hybridized carbons (Fsp3) is 0.467. The molecule has 10 nitrogen and oxygen atoms in total. The number of nitrogens with zero attached hydrogens (tertiary/aromatic N) is 5. The van der Waals surface area contributed by atoms with Crippen LogP contribution >= 0.6 is 11.3 Å². The molecule has 4 heterocycles. The summed E-state index contributed by atoms with van der Waals surface area (Å²) in [5, 5.41) is 5.34. The summed E-state index contributed by atoms with van der Waals surface area (Å²) in [7, 11) is 1.49. The van der Waals surface area contributed by atoms with E-state index in [4.69, 9.17) is 9.47 Å². The van der Waals surface area contributed by atoms with Crippen LogP contribution in [-0.2, 0) is 21.6 Å². The molecule has 1 fully saturated rings. The Balaban J connectivity index is 1.78. The first kappa shape index (κ1) is 29.7. The molecule has 1 atom stereocenters. The van der Waals surface area contributed by atoms with Crippen LogP contribution in [-0.4, -0.2) is 56.0 Å². The van der Waals surface area contributed by atoms with Gasteiger partial charge in [0.1, 0.15) is 33.0 Å². The van der Waals surface area contributed by atoms with E-state index in [-0.39, 0.29) is 18.6 Å². The molecule has 0 aliphatic carbocycles. The van der Waals surface area contributed by atoms with Crippen molar-refractivity contribution in [1.29, 1.82) is 0 Å². The molecule has 3 aromatic heterocycles. The Hall–Kier alpha value is -3.77. The highest BCUT2D eigenvalue weighted by molar-refractivity contribution is 7.21. The zero-order chi connectivity index (χ0) is 30.3. The maximum Gasteiger partial charge on any atom is 0.333 e. The first-order chi connectivity index (χ1) is 19.9. The third-order valence-corrected chi connectivity index (χ3v) is 9.00. The molecule has 1 aliphatic rings. The Kier molecular flexibility index (Phi) is 8.13. The number of aryl methyl sites for hydroxylation is 1. The van der Waals surface area contributed by atoms with Gasteiger partial charge in [0.2, 0.25) is 5.91 Å². The van der Waals surface area contributed by atoms with Gasteiger partial charge in [-0.1, -0.05) is 11.3 Å². The highest BCUT2D eigenvalue weighted by atomic mass is 32.1. The predicted octanol–water partition coefficient (Wildman–Crippen LogP) is 4.39.